The second-order valence-corrected chi connectivity index (χ2v) is 6.99. The fraction of sp³-hybridized carbons (Fsp3) is 0.500. The summed E-state index contributed by atoms with van der Waals surface area (Å²) < 4.78 is 12.1. The maximum Gasteiger partial charge on any atom is 0.239 e. The van der Waals surface area contributed by atoms with E-state index in [0.717, 1.165) is 30.0 Å². The minimum atomic E-state index is -0.111. The third-order valence-corrected chi connectivity index (χ3v) is 4.80. The third-order valence-electron chi connectivity index (χ3n) is 4.80. The minimum absolute atomic E-state index is 0. The summed E-state index contributed by atoms with van der Waals surface area (Å²) in [6.45, 7) is 1.69. The average molecular weight is 543 g/mol. The first-order valence-corrected chi connectivity index (χ1v) is 9.89. The number of halogens is 1. The smallest absolute Gasteiger partial charge is 0.239 e. The first-order valence-electron chi connectivity index (χ1n) is 9.89. The van der Waals surface area contributed by atoms with Gasteiger partial charge in [0.15, 0.2) is 11.8 Å². The first-order chi connectivity index (χ1) is 14.6. The number of aryl methyl sites for hydroxylation is 1. The van der Waals surface area contributed by atoms with Crippen LogP contribution in [0.5, 0.6) is 5.75 Å². The molecule has 0 radical (unpaired) electrons. The Kier molecular flexibility index (Phi) is 9.98. The van der Waals surface area contributed by atoms with Gasteiger partial charge >= 0.3 is 0 Å². The Labute approximate surface area is 199 Å². The number of benzene rings is 1. The number of rotatable bonds is 8. The van der Waals surface area contributed by atoms with Gasteiger partial charge in [0.1, 0.15) is 18.2 Å². The zero-order valence-corrected chi connectivity index (χ0v) is 20.4. The number of nitrogens with one attached hydrogen (secondary N) is 3. The quantitative estimate of drug-likeness (QED) is 0.257. The summed E-state index contributed by atoms with van der Waals surface area (Å²) in [5.74, 6) is 2.93. The number of aliphatic imine (C=N–C) groups is 1. The van der Waals surface area contributed by atoms with E-state index in [4.69, 9.17) is 9.47 Å². The number of aromatic nitrogens is 3. The monoisotopic (exact) mass is 543 g/mol. The molecule has 1 aliphatic heterocycles. The van der Waals surface area contributed by atoms with Crippen LogP contribution in [0.3, 0.4) is 0 Å². The van der Waals surface area contributed by atoms with Gasteiger partial charge in [-0.05, 0) is 24.1 Å². The zero-order valence-electron chi connectivity index (χ0n) is 18.1. The van der Waals surface area contributed by atoms with E-state index in [9.17, 15) is 4.79 Å². The molecule has 1 unspecified atom stereocenters. The predicted molar refractivity (Wildman–Crippen MR) is 128 cm³/mol. The van der Waals surface area contributed by atoms with Crippen molar-refractivity contribution in [1.29, 1.82) is 0 Å². The van der Waals surface area contributed by atoms with Crippen molar-refractivity contribution in [3.8, 4) is 5.75 Å². The molecule has 1 aromatic heterocycles. The molecular formula is C20H30IN7O3. The van der Waals surface area contributed by atoms with E-state index >= 15 is 0 Å². The highest BCUT2D eigenvalue weighted by Crippen LogP contribution is 2.13. The lowest BCUT2D eigenvalue weighted by Crippen LogP contribution is -2.49. The number of carbonyl (C=O) groups excluding carboxylic acids is 1. The molecule has 2 heterocycles. The van der Waals surface area contributed by atoms with Gasteiger partial charge in [0, 0.05) is 33.2 Å². The van der Waals surface area contributed by atoms with Crippen LogP contribution in [0.1, 0.15) is 23.6 Å². The Morgan fingerprint density at radius 2 is 2.03 bits per heavy atom. The molecule has 1 aromatic carbocycles. The highest BCUT2D eigenvalue weighted by molar-refractivity contribution is 14.0. The molecule has 1 aliphatic rings. The van der Waals surface area contributed by atoms with Crippen molar-refractivity contribution in [2.75, 3.05) is 27.8 Å². The minimum Gasteiger partial charge on any atom is -0.497 e. The summed E-state index contributed by atoms with van der Waals surface area (Å²) in [5.41, 5.74) is 1.00. The Morgan fingerprint density at radius 1 is 1.26 bits per heavy atom. The molecule has 1 amide bonds. The normalized spacial score (nSPS) is 15.5. The lowest BCUT2D eigenvalue weighted by atomic mass is 10.1. The van der Waals surface area contributed by atoms with E-state index in [1.807, 2.05) is 28.9 Å². The van der Waals surface area contributed by atoms with Crippen molar-refractivity contribution in [2.45, 2.75) is 38.6 Å². The van der Waals surface area contributed by atoms with Gasteiger partial charge in [-0.2, -0.15) is 5.10 Å². The molecule has 2 aromatic rings. The van der Waals surface area contributed by atoms with E-state index in [2.05, 4.69) is 31.0 Å². The van der Waals surface area contributed by atoms with Crippen molar-refractivity contribution in [3.63, 3.8) is 0 Å². The molecule has 0 saturated carbocycles. The average Bonchev–Trinajstić information content (AvgIpc) is 3.17. The highest BCUT2D eigenvalue weighted by atomic mass is 127. The van der Waals surface area contributed by atoms with Gasteiger partial charge in [-0.1, -0.05) is 12.1 Å². The Hall–Kier alpha value is -2.41. The number of nitrogens with zero attached hydrogens (tertiary/aromatic N) is 4. The van der Waals surface area contributed by atoms with Crippen molar-refractivity contribution < 1.29 is 14.3 Å². The number of hydrogen-bond acceptors (Lipinski definition) is 6. The zero-order chi connectivity index (χ0) is 21.3. The molecular weight excluding hydrogens is 513 g/mol. The van der Waals surface area contributed by atoms with Crippen molar-refractivity contribution in [2.24, 2.45) is 4.99 Å². The summed E-state index contributed by atoms with van der Waals surface area (Å²) in [7, 11) is 4.94. The Morgan fingerprint density at radius 3 is 2.71 bits per heavy atom. The summed E-state index contributed by atoms with van der Waals surface area (Å²) in [5, 5.41) is 13.8. The summed E-state index contributed by atoms with van der Waals surface area (Å²) in [6.07, 6.45) is 1.74. The molecule has 0 saturated heterocycles. The number of amides is 1. The first kappa shape index (κ1) is 24.9. The summed E-state index contributed by atoms with van der Waals surface area (Å²) in [4.78, 5) is 20.9. The van der Waals surface area contributed by atoms with Crippen molar-refractivity contribution in [3.05, 3.63) is 41.5 Å². The third kappa shape index (κ3) is 7.35. The standard InChI is InChI=1S/C20H29N7O3.HI/c1-21-20(23-11-19(28)22-10-14-4-7-16(30-3)8-5-14)24-15-6-9-18-25-17(13-29-2)26-27(18)12-15;/h4-5,7-8,15H,6,9-13H2,1-3H3,(H,22,28)(H2,21,23,24);1H. The number of hydrogen-bond donors (Lipinski definition) is 3. The molecule has 10 nitrogen and oxygen atoms in total. The molecule has 0 spiro atoms. The number of ether oxygens (including phenoxy) is 2. The largest absolute Gasteiger partial charge is 0.497 e. The molecule has 3 N–H and O–H groups in total. The summed E-state index contributed by atoms with van der Waals surface area (Å²) >= 11 is 0. The van der Waals surface area contributed by atoms with Gasteiger partial charge in [0.25, 0.3) is 0 Å². The van der Waals surface area contributed by atoms with Gasteiger partial charge in [-0.25, -0.2) is 9.67 Å². The lowest BCUT2D eigenvalue weighted by molar-refractivity contribution is -0.120. The fourth-order valence-corrected chi connectivity index (χ4v) is 3.23. The van der Waals surface area contributed by atoms with Crippen LogP contribution < -0.4 is 20.7 Å². The Bertz CT molecular complexity index is 870. The predicted octanol–water partition coefficient (Wildman–Crippen LogP) is 0.847. The molecule has 11 heteroatoms. The lowest BCUT2D eigenvalue weighted by Gasteiger charge is -2.25. The van der Waals surface area contributed by atoms with Crippen LogP contribution in [0.25, 0.3) is 0 Å². The van der Waals surface area contributed by atoms with Gasteiger partial charge in [0.05, 0.1) is 20.2 Å². The molecule has 0 aliphatic carbocycles. The van der Waals surface area contributed by atoms with Gasteiger partial charge in [-0.3, -0.25) is 9.79 Å². The van der Waals surface area contributed by atoms with E-state index in [-0.39, 0.29) is 42.5 Å². The van der Waals surface area contributed by atoms with E-state index in [0.29, 0.717) is 31.5 Å². The highest BCUT2D eigenvalue weighted by Gasteiger charge is 2.22. The number of carbonyl (C=O) groups is 1. The van der Waals surface area contributed by atoms with Gasteiger partial charge < -0.3 is 25.4 Å². The van der Waals surface area contributed by atoms with Crippen LogP contribution in [0.15, 0.2) is 29.3 Å². The van der Waals surface area contributed by atoms with Crippen molar-refractivity contribution in [1.82, 2.24) is 30.7 Å². The van der Waals surface area contributed by atoms with E-state index in [1.165, 1.54) is 0 Å². The second kappa shape index (κ2) is 12.4. The fourth-order valence-electron chi connectivity index (χ4n) is 3.23. The molecule has 0 bridgehead atoms. The second-order valence-electron chi connectivity index (χ2n) is 6.99. The Balaban J connectivity index is 0.00000341. The van der Waals surface area contributed by atoms with Crippen molar-refractivity contribution >= 4 is 35.8 Å². The van der Waals surface area contributed by atoms with Crippen LogP contribution >= 0.6 is 24.0 Å². The van der Waals surface area contributed by atoms with Gasteiger partial charge in [-0.15, -0.1) is 24.0 Å². The number of guanidine groups is 1. The number of fused-ring (bicyclic) bond motifs is 1. The number of methoxy groups -OCH3 is 2. The SMILES string of the molecule is CN=C(NCC(=O)NCc1ccc(OC)cc1)NC1CCc2nc(COC)nn2C1.I. The van der Waals surface area contributed by atoms with Crippen LogP contribution in [0.4, 0.5) is 0 Å². The maximum absolute atomic E-state index is 12.2. The van der Waals surface area contributed by atoms with Crippen LogP contribution in [-0.2, 0) is 35.6 Å². The van der Waals surface area contributed by atoms with E-state index in [1.54, 1.807) is 21.3 Å². The van der Waals surface area contributed by atoms with Crippen LogP contribution in [0, 0.1) is 0 Å². The molecule has 31 heavy (non-hydrogen) atoms. The maximum atomic E-state index is 12.2. The van der Waals surface area contributed by atoms with Gasteiger partial charge in [0.2, 0.25) is 5.91 Å². The topological polar surface area (TPSA) is 115 Å². The molecule has 1 atom stereocenters. The van der Waals surface area contributed by atoms with E-state index < -0.39 is 0 Å². The van der Waals surface area contributed by atoms with Crippen LogP contribution in [0.2, 0.25) is 0 Å². The molecule has 170 valence electrons. The molecule has 0 fully saturated rings. The van der Waals surface area contributed by atoms with Crippen LogP contribution in [-0.4, -0.2) is 60.5 Å². The molecule has 3 rings (SSSR count). The summed E-state index contributed by atoms with van der Waals surface area (Å²) in [6, 6.07) is 7.74.